The molecule has 0 radical (unpaired) electrons. The molecule has 0 spiro atoms. The van der Waals surface area contributed by atoms with Crippen LogP contribution in [0, 0.1) is 11.6 Å². The molecule has 8 heteroatoms. The van der Waals surface area contributed by atoms with Crippen molar-refractivity contribution in [1.29, 1.82) is 0 Å². The predicted octanol–water partition coefficient (Wildman–Crippen LogP) is 4.58. The van der Waals surface area contributed by atoms with Crippen molar-refractivity contribution in [2.24, 2.45) is 0 Å². The monoisotopic (exact) mass is 426 g/mol. The van der Waals surface area contributed by atoms with E-state index in [0.717, 1.165) is 12.1 Å². The van der Waals surface area contributed by atoms with E-state index in [2.05, 4.69) is 11.9 Å². The first kappa shape index (κ1) is 19.8. The average Bonchev–Trinajstić information content (AvgIpc) is 2.73. The summed E-state index contributed by atoms with van der Waals surface area (Å²) < 4.78 is 54.2. The molecule has 4 rings (SSSR count). The fourth-order valence-corrected chi connectivity index (χ4v) is 5.04. The average molecular weight is 426 g/mol. The summed E-state index contributed by atoms with van der Waals surface area (Å²) in [4.78, 5) is 12.8. The van der Waals surface area contributed by atoms with Gasteiger partial charge in [0.15, 0.2) is 0 Å². The summed E-state index contributed by atoms with van der Waals surface area (Å²) in [6.07, 6.45) is 1.48. The molecule has 0 atom stereocenters. The normalized spacial score (nSPS) is 13.9. The largest absolute Gasteiger partial charge is 0.319 e. The maximum atomic E-state index is 13.9. The molecule has 0 aliphatic carbocycles. The van der Waals surface area contributed by atoms with E-state index in [0.29, 0.717) is 22.9 Å². The molecule has 1 aliphatic heterocycles. The number of hydrogen-bond acceptors (Lipinski definition) is 3. The Balaban J connectivity index is 1.79. The number of nitrogens with zero attached hydrogens (tertiary/aromatic N) is 1. The number of sulfonamides is 1. The quantitative estimate of drug-likeness (QED) is 0.621. The first-order valence-corrected chi connectivity index (χ1v) is 10.4. The van der Waals surface area contributed by atoms with Gasteiger partial charge < -0.3 is 5.32 Å². The van der Waals surface area contributed by atoms with Crippen LogP contribution in [0.1, 0.15) is 10.4 Å². The number of amides is 1. The van der Waals surface area contributed by atoms with Crippen LogP contribution < -0.4 is 9.62 Å². The van der Waals surface area contributed by atoms with E-state index in [4.69, 9.17) is 0 Å². The number of fused-ring (bicyclic) bond motifs is 3. The first-order chi connectivity index (χ1) is 14.3. The zero-order valence-electron chi connectivity index (χ0n) is 15.6. The van der Waals surface area contributed by atoms with Crippen LogP contribution in [0.3, 0.4) is 0 Å². The van der Waals surface area contributed by atoms with Crippen LogP contribution in [-0.2, 0) is 10.0 Å². The number of anilines is 2. The van der Waals surface area contributed by atoms with Crippen LogP contribution in [0.2, 0.25) is 0 Å². The van der Waals surface area contributed by atoms with E-state index in [1.54, 1.807) is 24.3 Å². The maximum absolute atomic E-state index is 13.9. The fraction of sp³-hybridized carbons (Fsp3) is 0.0455. The minimum atomic E-state index is -3.77. The van der Waals surface area contributed by atoms with E-state index in [9.17, 15) is 22.0 Å². The van der Waals surface area contributed by atoms with Crippen LogP contribution >= 0.6 is 0 Å². The number of benzene rings is 3. The summed E-state index contributed by atoms with van der Waals surface area (Å²) >= 11 is 0. The minimum Gasteiger partial charge on any atom is -0.319 e. The molecule has 0 saturated heterocycles. The number of halogens is 2. The summed E-state index contributed by atoms with van der Waals surface area (Å²) in [6, 6.07) is 13.9. The van der Waals surface area contributed by atoms with Crippen LogP contribution in [-0.4, -0.2) is 20.9 Å². The molecule has 30 heavy (non-hydrogen) atoms. The number of rotatable bonds is 4. The van der Waals surface area contributed by atoms with Crippen molar-refractivity contribution in [3.05, 3.63) is 90.5 Å². The van der Waals surface area contributed by atoms with Crippen molar-refractivity contribution in [1.82, 2.24) is 0 Å². The molecule has 5 nitrogen and oxygen atoms in total. The van der Waals surface area contributed by atoms with Crippen molar-refractivity contribution in [2.45, 2.75) is 4.90 Å². The molecule has 1 aliphatic rings. The Morgan fingerprint density at radius 3 is 2.53 bits per heavy atom. The highest BCUT2D eigenvalue weighted by Gasteiger charge is 2.34. The topological polar surface area (TPSA) is 66.5 Å². The lowest BCUT2D eigenvalue weighted by atomic mass is 10.00. The van der Waals surface area contributed by atoms with Gasteiger partial charge in [-0.2, -0.15) is 0 Å². The van der Waals surface area contributed by atoms with Gasteiger partial charge in [0, 0.05) is 22.8 Å². The molecule has 3 aromatic carbocycles. The molecule has 0 saturated carbocycles. The highest BCUT2D eigenvalue weighted by molar-refractivity contribution is 7.93. The Morgan fingerprint density at radius 1 is 1.03 bits per heavy atom. The lowest BCUT2D eigenvalue weighted by Gasteiger charge is -2.31. The second-order valence-corrected chi connectivity index (χ2v) is 8.46. The Bertz CT molecular complexity index is 1290. The molecule has 0 aromatic heterocycles. The van der Waals surface area contributed by atoms with E-state index < -0.39 is 27.6 Å². The summed E-state index contributed by atoms with van der Waals surface area (Å²) in [5.41, 5.74) is 1.48. The zero-order chi connectivity index (χ0) is 21.5. The van der Waals surface area contributed by atoms with Gasteiger partial charge in [0.2, 0.25) is 0 Å². The fourth-order valence-electron chi connectivity index (χ4n) is 3.37. The molecular weight excluding hydrogens is 410 g/mol. The molecule has 0 bridgehead atoms. The Hall–Kier alpha value is -3.52. The third kappa shape index (κ3) is 3.25. The summed E-state index contributed by atoms with van der Waals surface area (Å²) in [7, 11) is -3.77. The maximum Gasteiger partial charge on any atom is 0.265 e. The Kier molecular flexibility index (Phi) is 4.87. The van der Waals surface area contributed by atoms with Gasteiger partial charge in [0.1, 0.15) is 11.6 Å². The lowest BCUT2D eigenvalue weighted by molar-refractivity contribution is 0.102. The van der Waals surface area contributed by atoms with Crippen molar-refractivity contribution in [3.8, 4) is 11.1 Å². The van der Waals surface area contributed by atoms with Crippen LogP contribution in [0.25, 0.3) is 11.1 Å². The van der Waals surface area contributed by atoms with Crippen molar-refractivity contribution in [3.63, 3.8) is 0 Å². The molecule has 152 valence electrons. The third-order valence-electron chi connectivity index (χ3n) is 4.75. The molecular formula is C22H16F2N2O3S. The van der Waals surface area contributed by atoms with E-state index in [-0.39, 0.29) is 22.7 Å². The van der Waals surface area contributed by atoms with Crippen molar-refractivity contribution >= 4 is 27.3 Å². The SMILES string of the molecule is C=CCN1c2ccc(C(=O)Nc3ccc(F)cc3F)cc2-c2ccccc2S1(=O)=O. The zero-order valence-corrected chi connectivity index (χ0v) is 16.4. The van der Waals surface area contributed by atoms with Gasteiger partial charge in [-0.05, 0) is 36.4 Å². The van der Waals surface area contributed by atoms with Crippen LogP contribution in [0.15, 0.2) is 78.2 Å². The molecule has 1 N–H and O–H groups in total. The van der Waals surface area contributed by atoms with Crippen LogP contribution in [0.5, 0.6) is 0 Å². The minimum absolute atomic E-state index is 0.0655. The summed E-state index contributed by atoms with van der Waals surface area (Å²) in [5, 5.41) is 2.41. The highest BCUT2D eigenvalue weighted by atomic mass is 32.2. The smallest absolute Gasteiger partial charge is 0.265 e. The van der Waals surface area contributed by atoms with E-state index in [1.165, 1.54) is 28.6 Å². The Labute approximate surface area is 172 Å². The van der Waals surface area contributed by atoms with Gasteiger partial charge in [0.05, 0.1) is 22.8 Å². The Morgan fingerprint density at radius 2 is 1.80 bits per heavy atom. The summed E-state index contributed by atoms with van der Waals surface area (Å²) in [6.45, 7) is 3.69. The highest BCUT2D eigenvalue weighted by Crippen LogP contribution is 2.43. The molecule has 0 fully saturated rings. The van der Waals surface area contributed by atoms with E-state index >= 15 is 0 Å². The number of nitrogens with one attached hydrogen (secondary N) is 1. The third-order valence-corrected chi connectivity index (χ3v) is 6.58. The van der Waals surface area contributed by atoms with Gasteiger partial charge in [-0.1, -0.05) is 24.3 Å². The van der Waals surface area contributed by atoms with E-state index in [1.807, 2.05) is 0 Å². The van der Waals surface area contributed by atoms with Crippen molar-refractivity contribution in [2.75, 3.05) is 16.2 Å². The second kappa shape index (κ2) is 7.38. The van der Waals surface area contributed by atoms with Gasteiger partial charge in [0.25, 0.3) is 15.9 Å². The molecule has 0 unspecified atom stereocenters. The molecule has 1 amide bonds. The van der Waals surface area contributed by atoms with Gasteiger partial charge in [-0.15, -0.1) is 6.58 Å². The predicted molar refractivity (Wildman–Crippen MR) is 111 cm³/mol. The summed E-state index contributed by atoms with van der Waals surface area (Å²) in [5.74, 6) is -2.25. The number of carbonyl (C=O) groups excluding carboxylic acids is 1. The van der Waals surface area contributed by atoms with Crippen LogP contribution in [0.4, 0.5) is 20.2 Å². The van der Waals surface area contributed by atoms with Crippen molar-refractivity contribution < 1.29 is 22.0 Å². The number of hydrogen-bond donors (Lipinski definition) is 1. The standard InChI is InChI=1S/C22H16F2N2O3S/c1-2-11-26-20-10-7-14(22(27)25-19-9-8-15(23)13-18(19)24)12-17(20)16-5-3-4-6-21(16)30(26,28)29/h2-10,12-13H,1,11H2,(H,25,27). The first-order valence-electron chi connectivity index (χ1n) is 8.96. The number of carbonyl (C=O) groups is 1. The molecule has 3 aromatic rings. The second-order valence-electron chi connectivity index (χ2n) is 6.63. The molecule has 1 heterocycles. The lowest BCUT2D eigenvalue weighted by Crippen LogP contribution is -2.34. The van der Waals surface area contributed by atoms with Gasteiger partial charge in [-0.3, -0.25) is 9.10 Å². The van der Waals surface area contributed by atoms with Gasteiger partial charge >= 0.3 is 0 Å². The van der Waals surface area contributed by atoms with Gasteiger partial charge in [-0.25, -0.2) is 17.2 Å².